The van der Waals surface area contributed by atoms with E-state index in [1.54, 1.807) is 6.20 Å². The van der Waals surface area contributed by atoms with Crippen molar-refractivity contribution in [3.8, 4) is 11.3 Å². The van der Waals surface area contributed by atoms with Crippen LogP contribution in [0.3, 0.4) is 0 Å². The van der Waals surface area contributed by atoms with Crippen LogP contribution >= 0.6 is 11.6 Å². The number of anilines is 2. The van der Waals surface area contributed by atoms with E-state index in [1.807, 2.05) is 0 Å². The highest BCUT2D eigenvalue weighted by Gasteiger charge is 2.32. The van der Waals surface area contributed by atoms with Crippen LogP contribution < -0.4 is 16.0 Å². The highest BCUT2D eigenvalue weighted by molar-refractivity contribution is 6.28. The zero-order chi connectivity index (χ0) is 22.0. The lowest BCUT2D eigenvalue weighted by Crippen LogP contribution is -2.33. The molecule has 3 aliphatic rings. The molecule has 0 radical (unpaired) electrons. The van der Waals surface area contributed by atoms with E-state index in [0.29, 0.717) is 61.3 Å². The predicted molar refractivity (Wildman–Crippen MR) is 114 cm³/mol. The first-order chi connectivity index (χ1) is 15.5. The number of hydrogen-bond acceptors (Lipinski definition) is 6. The van der Waals surface area contributed by atoms with E-state index in [2.05, 4.69) is 35.9 Å². The van der Waals surface area contributed by atoms with Crippen molar-refractivity contribution < 1.29 is 14.0 Å². The third-order valence-corrected chi connectivity index (χ3v) is 6.30. The fraction of sp³-hybridized carbons (Fsp3) is 0.286. The minimum atomic E-state index is -0.581. The molecule has 6 rings (SSSR count). The zero-order valence-electron chi connectivity index (χ0n) is 16.7. The summed E-state index contributed by atoms with van der Waals surface area (Å²) < 4.78 is 15.8. The van der Waals surface area contributed by atoms with E-state index in [4.69, 9.17) is 11.6 Å². The van der Waals surface area contributed by atoms with Gasteiger partial charge in [-0.25, -0.2) is 14.4 Å². The van der Waals surface area contributed by atoms with Gasteiger partial charge in [-0.1, -0.05) is 0 Å². The average Bonchev–Trinajstić information content (AvgIpc) is 3.15. The molecule has 3 aromatic rings. The molecule has 32 heavy (non-hydrogen) atoms. The summed E-state index contributed by atoms with van der Waals surface area (Å²) in [5.41, 5.74) is 4.73. The number of amides is 2. The minimum Gasteiger partial charge on any atom is -0.357 e. The molecule has 1 aliphatic carbocycles. The molecule has 0 saturated carbocycles. The van der Waals surface area contributed by atoms with Crippen LogP contribution in [0.2, 0.25) is 5.28 Å². The molecule has 3 aromatic heterocycles. The molecule has 4 N–H and O–H groups in total. The fourth-order valence-corrected chi connectivity index (χ4v) is 4.91. The van der Waals surface area contributed by atoms with E-state index in [1.165, 1.54) is 0 Å². The summed E-state index contributed by atoms with van der Waals surface area (Å²) in [6, 6.07) is 0. The molecular weight excluding hydrogens is 437 g/mol. The van der Waals surface area contributed by atoms with Gasteiger partial charge in [0.1, 0.15) is 11.4 Å². The molecule has 9 nitrogen and oxygen atoms in total. The lowest BCUT2D eigenvalue weighted by atomic mass is 9.88. The van der Waals surface area contributed by atoms with Gasteiger partial charge < -0.3 is 20.9 Å². The largest absolute Gasteiger partial charge is 0.357 e. The van der Waals surface area contributed by atoms with Crippen molar-refractivity contribution in [1.29, 1.82) is 0 Å². The van der Waals surface area contributed by atoms with Crippen molar-refractivity contribution >= 4 is 35.1 Å². The van der Waals surface area contributed by atoms with Crippen molar-refractivity contribution in [3.63, 3.8) is 0 Å². The number of halogens is 2. The number of aryl methyl sites for hydroxylation is 1. The van der Waals surface area contributed by atoms with Crippen LogP contribution in [0.15, 0.2) is 6.20 Å². The Hall–Kier alpha value is -3.53. The lowest BCUT2D eigenvalue weighted by Gasteiger charge is -2.21. The van der Waals surface area contributed by atoms with Gasteiger partial charge >= 0.3 is 0 Å². The van der Waals surface area contributed by atoms with Gasteiger partial charge in [0.25, 0.3) is 11.8 Å². The first-order valence-corrected chi connectivity index (χ1v) is 10.7. The number of nitrogens with one attached hydrogen (secondary N) is 4. The van der Waals surface area contributed by atoms with Gasteiger partial charge in [-0.3, -0.25) is 9.59 Å². The Morgan fingerprint density at radius 2 is 1.72 bits per heavy atom. The Balaban J connectivity index is 1.47. The average molecular weight is 454 g/mol. The van der Waals surface area contributed by atoms with Gasteiger partial charge in [0.2, 0.25) is 5.28 Å². The van der Waals surface area contributed by atoms with Crippen LogP contribution in [0, 0.1) is 5.82 Å². The van der Waals surface area contributed by atoms with Crippen LogP contribution in [0.5, 0.6) is 0 Å². The monoisotopic (exact) mass is 453 g/mol. The van der Waals surface area contributed by atoms with Crippen LogP contribution in [-0.2, 0) is 25.7 Å². The summed E-state index contributed by atoms with van der Waals surface area (Å²) in [6.45, 7) is 0.989. The SMILES string of the molecule is O=C1NCCc2nc(Cl)nc(Nc3ncc4c(c3F)-c3[nH]c5c(c3CC4)C(=O)NCC5)c21. The number of rotatable bonds is 2. The molecule has 0 unspecified atom stereocenters. The minimum absolute atomic E-state index is 0.0374. The van der Waals surface area contributed by atoms with E-state index in [9.17, 15) is 9.59 Å². The standard InChI is InChI=1S/C21H17ClFN7O2/c22-21-28-11-4-6-25-20(32)14(11)17(30-21)29-18-15(23)12-8(7-26-18)1-2-9-13-10(27-16(9)12)3-5-24-19(13)31/h7,27H,1-6H2,(H,24,31)(H,25,32)(H,26,28,29,30). The molecular formula is C21H17ClFN7O2. The van der Waals surface area contributed by atoms with Gasteiger partial charge in [0.05, 0.1) is 17.0 Å². The zero-order valence-corrected chi connectivity index (χ0v) is 17.5. The number of carbonyl (C=O) groups excluding carboxylic acids is 2. The first-order valence-electron chi connectivity index (χ1n) is 10.3. The Morgan fingerprint density at radius 3 is 2.56 bits per heavy atom. The van der Waals surface area contributed by atoms with Gasteiger partial charge in [-0.15, -0.1) is 0 Å². The molecule has 0 atom stereocenters. The number of H-pyrrole nitrogens is 1. The summed E-state index contributed by atoms with van der Waals surface area (Å²) in [5.74, 6) is -1.04. The van der Waals surface area contributed by atoms with Crippen LogP contribution in [0.25, 0.3) is 11.3 Å². The third-order valence-electron chi connectivity index (χ3n) is 6.13. The van der Waals surface area contributed by atoms with Gasteiger partial charge in [0, 0.05) is 43.4 Å². The number of pyridine rings is 1. The number of nitrogens with zero attached hydrogens (tertiary/aromatic N) is 3. The van der Waals surface area contributed by atoms with Crippen LogP contribution in [0.1, 0.15) is 43.2 Å². The molecule has 0 fully saturated rings. The first kappa shape index (κ1) is 19.2. The number of hydrogen-bond donors (Lipinski definition) is 4. The maximum atomic E-state index is 15.8. The molecule has 0 saturated heterocycles. The second kappa shape index (κ2) is 6.99. The molecule has 0 spiro atoms. The quantitative estimate of drug-likeness (QED) is 0.440. The highest BCUT2D eigenvalue weighted by Crippen LogP contribution is 2.40. The molecule has 5 heterocycles. The second-order valence-corrected chi connectivity index (χ2v) is 8.29. The molecule has 2 amide bonds. The molecule has 11 heteroatoms. The normalized spacial score (nSPS) is 16.3. The second-order valence-electron chi connectivity index (χ2n) is 7.95. The summed E-state index contributed by atoms with van der Waals surface area (Å²) in [7, 11) is 0. The van der Waals surface area contributed by atoms with Crippen LogP contribution in [0.4, 0.5) is 16.0 Å². The maximum Gasteiger partial charge on any atom is 0.256 e. The van der Waals surface area contributed by atoms with E-state index >= 15 is 4.39 Å². The Morgan fingerprint density at radius 1 is 0.938 bits per heavy atom. The summed E-state index contributed by atoms with van der Waals surface area (Å²) in [4.78, 5) is 40.6. The van der Waals surface area contributed by atoms with E-state index in [0.717, 1.165) is 16.8 Å². The number of aromatic amines is 1. The summed E-state index contributed by atoms with van der Waals surface area (Å²) >= 11 is 6.04. The van der Waals surface area contributed by atoms with Crippen molar-refractivity contribution in [1.82, 2.24) is 30.6 Å². The number of fused-ring (bicyclic) bond motifs is 6. The molecule has 0 bridgehead atoms. The Kier molecular flexibility index (Phi) is 4.19. The summed E-state index contributed by atoms with van der Waals surface area (Å²) in [6.07, 6.45) is 3.98. The van der Waals surface area contributed by atoms with Gasteiger partial charge in [-0.05, 0) is 35.6 Å². The Bertz CT molecular complexity index is 1340. The maximum absolute atomic E-state index is 15.8. The Labute approximate surface area is 186 Å². The smallest absolute Gasteiger partial charge is 0.256 e. The molecule has 0 aromatic carbocycles. The van der Waals surface area contributed by atoms with E-state index in [-0.39, 0.29) is 34.3 Å². The third kappa shape index (κ3) is 2.79. The fourth-order valence-electron chi connectivity index (χ4n) is 4.72. The van der Waals surface area contributed by atoms with Crippen molar-refractivity contribution in [3.05, 3.63) is 50.9 Å². The van der Waals surface area contributed by atoms with Crippen LogP contribution in [-0.4, -0.2) is 44.8 Å². The van der Waals surface area contributed by atoms with Crippen molar-refractivity contribution in [2.75, 3.05) is 18.4 Å². The predicted octanol–water partition coefficient (Wildman–Crippen LogP) is 2.07. The molecule has 162 valence electrons. The summed E-state index contributed by atoms with van der Waals surface area (Å²) in [5, 5.41) is 8.40. The number of carbonyl (C=O) groups is 2. The van der Waals surface area contributed by atoms with Gasteiger partial charge in [-0.2, -0.15) is 4.98 Å². The molecule has 2 aliphatic heterocycles. The van der Waals surface area contributed by atoms with Crippen molar-refractivity contribution in [2.45, 2.75) is 25.7 Å². The van der Waals surface area contributed by atoms with Crippen molar-refractivity contribution in [2.24, 2.45) is 0 Å². The lowest BCUT2D eigenvalue weighted by molar-refractivity contribution is 0.0937. The number of aromatic nitrogens is 4. The topological polar surface area (TPSA) is 125 Å². The van der Waals surface area contributed by atoms with Gasteiger partial charge in [0.15, 0.2) is 11.6 Å². The van der Waals surface area contributed by atoms with E-state index < -0.39 is 5.82 Å². The highest BCUT2D eigenvalue weighted by atomic mass is 35.5.